The standard InChI is InChI=1S/C22H14Cl2N2O5S/c23-13-5-7-14(8-6-13)26-32(29,30)20-11-15(9-10-18(20)24)25-22(28)17-12-31-19-4-2-1-3-16(19)21(17)27/h1-12,26H,(H,25,28). The molecule has 1 aromatic heterocycles. The third-order valence-corrected chi connectivity index (χ3v) is 6.61. The molecule has 0 aliphatic rings. The molecule has 0 saturated carbocycles. The Balaban J connectivity index is 1.63. The van der Waals surface area contributed by atoms with Crippen LogP contribution in [0.2, 0.25) is 10.0 Å². The molecular formula is C22H14Cl2N2O5S. The summed E-state index contributed by atoms with van der Waals surface area (Å²) >= 11 is 11.9. The van der Waals surface area contributed by atoms with Gasteiger partial charge in [-0.1, -0.05) is 35.3 Å². The van der Waals surface area contributed by atoms with Crippen molar-refractivity contribution in [2.75, 3.05) is 10.0 Å². The van der Waals surface area contributed by atoms with Gasteiger partial charge in [-0.3, -0.25) is 14.3 Å². The maximum atomic E-state index is 12.8. The number of fused-ring (bicyclic) bond motifs is 1. The molecule has 0 aliphatic carbocycles. The molecular weight excluding hydrogens is 475 g/mol. The maximum absolute atomic E-state index is 12.8. The first-order chi connectivity index (χ1) is 15.2. The molecule has 4 rings (SSSR count). The zero-order valence-corrected chi connectivity index (χ0v) is 18.5. The minimum atomic E-state index is -4.07. The van der Waals surface area contributed by atoms with Gasteiger partial charge in [0.25, 0.3) is 15.9 Å². The monoisotopic (exact) mass is 488 g/mol. The lowest BCUT2D eigenvalue weighted by atomic mass is 10.1. The Bertz CT molecular complexity index is 1500. The maximum Gasteiger partial charge on any atom is 0.263 e. The average Bonchev–Trinajstić information content (AvgIpc) is 2.77. The van der Waals surface area contributed by atoms with Crippen LogP contribution in [0.3, 0.4) is 0 Å². The van der Waals surface area contributed by atoms with E-state index in [-0.39, 0.29) is 32.2 Å². The molecule has 4 aromatic rings. The van der Waals surface area contributed by atoms with Gasteiger partial charge in [0.05, 0.1) is 10.4 Å². The summed E-state index contributed by atoms with van der Waals surface area (Å²) in [5.74, 6) is -0.749. The number of hydrogen-bond acceptors (Lipinski definition) is 5. The van der Waals surface area contributed by atoms with Crippen LogP contribution in [0.1, 0.15) is 10.4 Å². The van der Waals surface area contributed by atoms with Crippen molar-refractivity contribution in [2.45, 2.75) is 4.90 Å². The Morgan fingerprint density at radius 3 is 2.34 bits per heavy atom. The molecule has 0 spiro atoms. The van der Waals surface area contributed by atoms with Crippen LogP contribution in [0, 0.1) is 0 Å². The zero-order valence-electron chi connectivity index (χ0n) is 16.1. The first kappa shape index (κ1) is 21.9. The Labute approximate surface area is 192 Å². The van der Waals surface area contributed by atoms with Gasteiger partial charge < -0.3 is 9.73 Å². The van der Waals surface area contributed by atoms with Gasteiger partial charge >= 0.3 is 0 Å². The van der Waals surface area contributed by atoms with E-state index in [4.69, 9.17) is 27.6 Å². The molecule has 0 fully saturated rings. The van der Waals surface area contributed by atoms with Crippen molar-refractivity contribution in [1.29, 1.82) is 0 Å². The number of carbonyl (C=O) groups excluding carboxylic acids is 1. The van der Waals surface area contributed by atoms with Gasteiger partial charge in [0.15, 0.2) is 0 Å². The number of rotatable bonds is 5. The number of amides is 1. The van der Waals surface area contributed by atoms with Crippen LogP contribution in [0.5, 0.6) is 0 Å². The van der Waals surface area contributed by atoms with Gasteiger partial charge in [-0.15, -0.1) is 0 Å². The Morgan fingerprint density at radius 2 is 1.59 bits per heavy atom. The minimum Gasteiger partial charge on any atom is -0.463 e. The molecule has 0 unspecified atom stereocenters. The zero-order chi connectivity index (χ0) is 22.9. The summed E-state index contributed by atoms with van der Waals surface area (Å²) in [6, 6.07) is 16.5. The molecule has 0 aliphatic heterocycles. The van der Waals surface area contributed by atoms with Crippen molar-refractivity contribution < 1.29 is 17.6 Å². The summed E-state index contributed by atoms with van der Waals surface area (Å²) in [7, 11) is -4.07. The third kappa shape index (κ3) is 4.47. The van der Waals surface area contributed by atoms with Crippen molar-refractivity contribution in [3.05, 3.63) is 98.8 Å². The van der Waals surface area contributed by atoms with Crippen molar-refractivity contribution in [3.8, 4) is 0 Å². The predicted molar refractivity (Wildman–Crippen MR) is 124 cm³/mol. The molecule has 7 nitrogen and oxygen atoms in total. The van der Waals surface area contributed by atoms with Crippen LogP contribution >= 0.6 is 23.2 Å². The lowest BCUT2D eigenvalue weighted by Crippen LogP contribution is -2.21. The van der Waals surface area contributed by atoms with Crippen molar-refractivity contribution in [2.24, 2.45) is 0 Å². The quantitative estimate of drug-likeness (QED) is 0.403. The number of anilines is 2. The van der Waals surface area contributed by atoms with E-state index in [0.29, 0.717) is 10.6 Å². The third-order valence-electron chi connectivity index (χ3n) is 4.50. The van der Waals surface area contributed by atoms with E-state index in [2.05, 4.69) is 10.0 Å². The van der Waals surface area contributed by atoms with Gasteiger partial charge in [0.1, 0.15) is 22.3 Å². The summed E-state index contributed by atoms with van der Waals surface area (Å²) in [6.07, 6.45) is 1.07. The second kappa shape index (κ2) is 8.66. The average molecular weight is 489 g/mol. The second-order valence-electron chi connectivity index (χ2n) is 6.69. The van der Waals surface area contributed by atoms with E-state index in [1.165, 1.54) is 42.5 Å². The summed E-state index contributed by atoms with van der Waals surface area (Å²) in [5, 5.41) is 3.17. The number of carbonyl (C=O) groups is 1. The Morgan fingerprint density at radius 1 is 0.906 bits per heavy atom. The highest BCUT2D eigenvalue weighted by atomic mass is 35.5. The normalized spacial score (nSPS) is 11.3. The molecule has 32 heavy (non-hydrogen) atoms. The van der Waals surface area contributed by atoms with Gasteiger partial charge in [-0.25, -0.2) is 8.42 Å². The smallest absolute Gasteiger partial charge is 0.263 e. The fourth-order valence-corrected chi connectivity index (χ4v) is 4.66. The fourth-order valence-electron chi connectivity index (χ4n) is 2.95. The van der Waals surface area contributed by atoms with Gasteiger partial charge in [0, 0.05) is 16.4 Å². The summed E-state index contributed by atoms with van der Waals surface area (Å²) < 4.78 is 33.4. The van der Waals surface area contributed by atoms with E-state index in [1.807, 2.05) is 0 Å². The van der Waals surface area contributed by atoms with Gasteiger partial charge in [-0.2, -0.15) is 0 Å². The summed E-state index contributed by atoms with van der Waals surface area (Å²) in [6.45, 7) is 0. The van der Waals surface area contributed by atoms with Crippen molar-refractivity contribution >= 4 is 61.5 Å². The molecule has 1 heterocycles. The van der Waals surface area contributed by atoms with Crippen LogP contribution in [0.15, 0.2) is 87.1 Å². The minimum absolute atomic E-state index is 0.0466. The number of nitrogens with one attached hydrogen (secondary N) is 2. The first-order valence-electron chi connectivity index (χ1n) is 9.14. The number of sulfonamides is 1. The number of para-hydroxylation sites is 1. The predicted octanol–water partition coefficient (Wildman–Crippen LogP) is 5.15. The number of hydrogen-bond donors (Lipinski definition) is 2. The highest BCUT2D eigenvalue weighted by molar-refractivity contribution is 7.92. The molecule has 10 heteroatoms. The van der Waals surface area contributed by atoms with E-state index < -0.39 is 21.4 Å². The molecule has 1 amide bonds. The molecule has 3 aromatic carbocycles. The molecule has 0 bridgehead atoms. The topological polar surface area (TPSA) is 105 Å². The van der Waals surface area contributed by atoms with Crippen LogP contribution in [0.25, 0.3) is 11.0 Å². The van der Waals surface area contributed by atoms with Crippen molar-refractivity contribution in [3.63, 3.8) is 0 Å². The summed E-state index contributed by atoms with van der Waals surface area (Å²) in [4.78, 5) is 25.0. The highest BCUT2D eigenvalue weighted by Crippen LogP contribution is 2.27. The van der Waals surface area contributed by atoms with Crippen LogP contribution < -0.4 is 15.5 Å². The Kier molecular flexibility index (Phi) is 5.92. The van der Waals surface area contributed by atoms with Gasteiger partial charge in [-0.05, 0) is 54.6 Å². The lowest BCUT2D eigenvalue weighted by Gasteiger charge is -2.12. The molecule has 0 atom stereocenters. The molecule has 0 radical (unpaired) electrons. The summed E-state index contributed by atoms with van der Waals surface area (Å²) in [5.41, 5.74) is 0.0391. The molecule has 2 N–H and O–H groups in total. The lowest BCUT2D eigenvalue weighted by molar-refractivity contribution is 0.102. The van der Waals surface area contributed by atoms with E-state index in [1.54, 1.807) is 24.3 Å². The molecule has 0 saturated heterocycles. The van der Waals surface area contributed by atoms with Crippen molar-refractivity contribution in [1.82, 2.24) is 0 Å². The van der Waals surface area contributed by atoms with Crippen LogP contribution in [-0.2, 0) is 10.0 Å². The largest absolute Gasteiger partial charge is 0.463 e. The van der Waals surface area contributed by atoms with Gasteiger partial charge in [0.2, 0.25) is 5.43 Å². The Hall–Kier alpha value is -3.33. The number of benzene rings is 3. The fraction of sp³-hybridized carbons (Fsp3) is 0. The molecule has 162 valence electrons. The second-order valence-corrected chi connectivity index (χ2v) is 9.18. The van der Waals surface area contributed by atoms with E-state index in [9.17, 15) is 18.0 Å². The van der Waals surface area contributed by atoms with Crippen LogP contribution in [0.4, 0.5) is 11.4 Å². The van der Waals surface area contributed by atoms with E-state index >= 15 is 0 Å². The SMILES string of the molecule is O=C(Nc1ccc(Cl)c(S(=O)(=O)Nc2ccc(Cl)cc2)c1)c1coc2ccccc2c1=O. The number of halogens is 2. The van der Waals surface area contributed by atoms with Crippen LogP contribution in [-0.4, -0.2) is 14.3 Å². The highest BCUT2D eigenvalue weighted by Gasteiger charge is 2.20. The first-order valence-corrected chi connectivity index (χ1v) is 11.4. The van der Waals surface area contributed by atoms with E-state index in [0.717, 1.165) is 6.26 Å².